The Morgan fingerprint density at radius 1 is 0.571 bits per heavy atom. The summed E-state index contributed by atoms with van der Waals surface area (Å²) in [5.41, 5.74) is 13.0. The van der Waals surface area contributed by atoms with Gasteiger partial charge >= 0.3 is 0 Å². The fraction of sp³-hybridized carbons (Fsp3) is 0. The molecule has 4 heteroatoms. The van der Waals surface area contributed by atoms with Gasteiger partial charge in [-0.1, -0.05) is 91.0 Å². The second kappa shape index (κ2) is 10.4. The fourth-order valence-electron chi connectivity index (χ4n) is 3.93. The number of hydrogen-bond acceptors (Lipinski definition) is 3. The Morgan fingerprint density at radius 3 is 1.86 bits per heavy atom. The first-order chi connectivity index (χ1) is 17.3. The van der Waals surface area contributed by atoms with Crippen LogP contribution in [-0.2, 0) is 0 Å². The predicted molar refractivity (Wildman–Crippen MR) is 147 cm³/mol. The van der Waals surface area contributed by atoms with E-state index < -0.39 is 0 Å². The normalized spacial score (nSPS) is 10.4. The molecular weight excluding hydrogens is 428 g/mol. The molecule has 0 fully saturated rings. The van der Waals surface area contributed by atoms with E-state index in [1.54, 1.807) is 0 Å². The van der Waals surface area contributed by atoms with E-state index in [1.165, 1.54) is 0 Å². The van der Waals surface area contributed by atoms with Crippen LogP contribution in [0.5, 0.6) is 0 Å². The number of rotatable bonds is 4. The number of fused-ring (bicyclic) bond motifs is 1. The number of nitrogens with one attached hydrogen (secondary N) is 1. The van der Waals surface area contributed by atoms with Crippen molar-refractivity contribution < 1.29 is 0 Å². The zero-order chi connectivity index (χ0) is 23.9. The number of imidazole rings is 1. The second-order valence-electron chi connectivity index (χ2n) is 8.04. The van der Waals surface area contributed by atoms with Gasteiger partial charge in [0.05, 0.1) is 22.4 Å². The lowest BCUT2D eigenvalue weighted by molar-refractivity contribution is 1.10. The van der Waals surface area contributed by atoms with Gasteiger partial charge < -0.3 is 11.1 Å². The summed E-state index contributed by atoms with van der Waals surface area (Å²) in [6.45, 7) is 0. The molecule has 1 aromatic heterocycles. The molecule has 0 spiro atoms. The highest BCUT2D eigenvalue weighted by molar-refractivity contribution is 5.83. The number of nitrogen functional groups attached to an aromatic ring is 1. The highest BCUT2D eigenvalue weighted by Gasteiger charge is 2.13. The first kappa shape index (κ1) is 22.0. The van der Waals surface area contributed by atoms with Crippen LogP contribution in [0.25, 0.3) is 28.1 Å². The van der Waals surface area contributed by atoms with E-state index in [0.717, 1.165) is 45.2 Å². The van der Waals surface area contributed by atoms with Gasteiger partial charge in [-0.3, -0.25) is 4.57 Å². The molecule has 0 amide bonds. The van der Waals surface area contributed by atoms with Gasteiger partial charge in [0.2, 0.25) is 0 Å². The molecule has 0 aliphatic carbocycles. The van der Waals surface area contributed by atoms with Crippen molar-refractivity contribution >= 4 is 28.1 Å². The molecule has 0 aliphatic heterocycles. The molecule has 1 heterocycles. The maximum atomic E-state index is 5.81. The van der Waals surface area contributed by atoms with E-state index in [4.69, 9.17) is 10.7 Å². The predicted octanol–water partition coefficient (Wildman–Crippen LogP) is 7.70. The minimum absolute atomic E-state index is 0.761. The van der Waals surface area contributed by atoms with Gasteiger partial charge in [-0.15, -0.1) is 0 Å². The first-order valence-electron chi connectivity index (χ1n) is 11.5. The van der Waals surface area contributed by atoms with E-state index in [-0.39, 0.29) is 0 Å². The van der Waals surface area contributed by atoms with E-state index in [2.05, 4.69) is 64.5 Å². The molecule has 35 heavy (non-hydrogen) atoms. The van der Waals surface area contributed by atoms with E-state index in [9.17, 15) is 0 Å². The Balaban J connectivity index is 0.000000158. The summed E-state index contributed by atoms with van der Waals surface area (Å²) < 4.78 is 2.21. The molecule has 0 bridgehead atoms. The fourth-order valence-corrected chi connectivity index (χ4v) is 3.93. The van der Waals surface area contributed by atoms with Gasteiger partial charge in [0.25, 0.3) is 0 Å². The van der Waals surface area contributed by atoms with Gasteiger partial charge in [-0.2, -0.15) is 0 Å². The number of anilines is 3. The van der Waals surface area contributed by atoms with Gasteiger partial charge in [0, 0.05) is 16.9 Å². The third-order valence-electron chi connectivity index (χ3n) is 5.62. The summed E-state index contributed by atoms with van der Waals surface area (Å²) >= 11 is 0. The third kappa shape index (κ3) is 5.07. The summed E-state index contributed by atoms with van der Waals surface area (Å²) in [4.78, 5) is 4.82. The molecule has 5 aromatic carbocycles. The minimum atomic E-state index is 0.761. The van der Waals surface area contributed by atoms with Crippen LogP contribution in [0.15, 0.2) is 140 Å². The van der Waals surface area contributed by atoms with Crippen LogP contribution in [-0.4, -0.2) is 9.55 Å². The maximum absolute atomic E-state index is 5.81. The minimum Gasteiger partial charge on any atom is -0.397 e. The molecule has 4 nitrogen and oxygen atoms in total. The molecule has 0 saturated heterocycles. The third-order valence-corrected chi connectivity index (χ3v) is 5.62. The van der Waals surface area contributed by atoms with Crippen molar-refractivity contribution in [2.24, 2.45) is 0 Å². The molecule has 0 saturated carbocycles. The number of nitrogens with two attached hydrogens (primary N) is 1. The van der Waals surface area contributed by atoms with Crippen molar-refractivity contribution in [3.8, 4) is 17.1 Å². The van der Waals surface area contributed by atoms with Crippen LogP contribution in [0.4, 0.5) is 17.1 Å². The smallest absolute Gasteiger partial charge is 0.145 e. The number of para-hydroxylation sites is 6. The van der Waals surface area contributed by atoms with Crippen molar-refractivity contribution in [3.05, 3.63) is 140 Å². The van der Waals surface area contributed by atoms with Crippen LogP contribution in [0, 0.1) is 0 Å². The average Bonchev–Trinajstić information content (AvgIpc) is 3.32. The highest BCUT2D eigenvalue weighted by atomic mass is 15.1. The number of hydrogen-bond donors (Lipinski definition) is 2. The molecule has 0 aliphatic rings. The molecule has 0 radical (unpaired) electrons. The Morgan fingerprint density at radius 2 is 1.14 bits per heavy atom. The van der Waals surface area contributed by atoms with Crippen molar-refractivity contribution in [1.29, 1.82) is 0 Å². The summed E-state index contributed by atoms with van der Waals surface area (Å²) in [5, 5.41) is 3.25. The number of aromatic nitrogens is 2. The van der Waals surface area contributed by atoms with Gasteiger partial charge in [-0.05, 0) is 48.5 Å². The Bertz CT molecular complexity index is 1510. The summed E-state index contributed by atoms with van der Waals surface area (Å²) in [7, 11) is 0. The average molecular weight is 455 g/mol. The molecule has 0 unspecified atom stereocenters. The van der Waals surface area contributed by atoms with Crippen LogP contribution in [0.3, 0.4) is 0 Å². The number of benzene rings is 5. The molecule has 6 rings (SSSR count). The quantitative estimate of drug-likeness (QED) is 0.268. The van der Waals surface area contributed by atoms with Crippen molar-refractivity contribution in [2.45, 2.75) is 0 Å². The van der Waals surface area contributed by atoms with Gasteiger partial charge in [0.1, 0.15) is 5.82 Å². The van der Waals surface area contributed by atoms with Gasteiger partial charge in [0.15, 0.2) is 0 Å². The van der Waals surface area contributed by atoms with Crippen LogP contribution in [0.2, 0.25) is 0 Å². The van der Waals surface area contributed by atoms with E-state index in [1.807, 2.05) is 84.9 Å². The second-order valence-corrected chi connectivity index (χ2v) is 8.04. The zero-order valence-corrected chi connectivity index (χ0v) is 19.3. The first-order valence-corrected chi connectivity index (χ1v) is 11.5. The molecule has 3 N–H and O–H groups in total. The SMILES string of the molecule is Nc1ccccc1Nc1ccccc1.c1ccc(-c2nc3ccccc3n2-c2ccccc2)cc1. The van der Waals surface area contributed by atoms with Crippen LogP contribution < -0.4 is 11.1 Å². The monoisotopic (exact) mass is 454 g/mol. The summed E-state index contributed by atoms with van der Waals surface area (Å²) in [6.07, 6.45) is 0. The van der Waals surface area contributed by atoms with E-state index in [0.29, 0.717) is 0 Å². The summed E-state index contributed by atoms with van der Waals surface area (Å²) in [6, 6.07) is 46.6. The highest BCUT2D eigenvalue weighted by Crippen LogP contribution is 2.28. The maximum Gasteiger partial charge on any atom is 0.145 e. The van der Waals surface area contributed by atoms with Crippen LogP contribution >= 0.6 is 0 Å². The number of nitrogens with zero attached hydrogens (tertiary/aromatic N) is 2. The topological polar surface area (TPSA) is 55.9 Å². The lowest BCUT2D eigenvalue weighted by Crippen LogP contribution is -1.96. The standard InChI is InChI=1S/C19H14N2.C12H12N2/c1-3-9-15(10-4-1)19-20-17-13-7-8-14-18(17)21(19)16-11-5-2-6-12-16;13-11-8-4-5-9-12(11)14-10-6-2-1-3-7-10/h1-14H;1-9,14H,13H2. The van der Waals surface area contributed by atoms with E-state index >= 15 is 0 Å². The largest absolute Gasteiger partial charge is 0.397 e. The lowest BCUT2D eigenvalue weighted by atomic mass is 10.2. The zero-order valence-electron chi connectivity index (χ0n) is 19.3. The Kier molecular flexibility index (Phi) is 6.54. The molecule has 6 aromatic rings. The van der Waals surface area contributed by atoms with Crippen molar-refractivity contribution in [3.63, 3.8) is 0 Å². The Hall–Kier alpha value is -4.83. The van der Waals surface area contributed by atoms with Crippen molar-refractivity contribution in [2.75, 3.05) is 11.1 Å². The molecular formula is C31H26N4. The lowest BCUT2D eigenvalue weighted by Gasteiger charge is -2.09. The molecule has 0 atom stereocenters. The Labute approximate surface area is 205 Å². The van der Waals surface area contributed by atoms with Crippen molar-refractivity contribution in [1.82, 2.24) is 9.55 Å². The van der Waals surface area contributed by atoms with Gasteiger partial charge in [-0.25, -0.2) is 4.98 Å². The summed E-state index contributed by atoms with van der Waals surface area (Å²) in [5.74, 6) is 0.975. The molecule has 170 valence electrons. The van der Waals surface area contributed by atoms with Crippen LogP contribution in [0.1, 0.15) is 0 Å².